The van der Waals surface area contributed by atoms with Crippen LogP contribution in [0.2, 0.25) is 0 Å². The van der Waals surface area contributed by atoms with Gasteiger partial charge in [-0.15, -0.1) is 0 Å². The number of carbonyl (C=O) groups is 2. The van der Waals surface area contributed by atoms with E-state index in [2.05, 4.69) is 41.5 Å². The maximum Gasteiger partial charge on any atom is 0.329 e. The van der Waals surface area contributed by atoms with Crippen LogP contribution in [0.25, 0.3) is 0 Å². The van der Waals surface area contributed by atoms with Crippen LogP contribution in [0.3, 0.4) is 0 Å². The Bertz CT molecular complexity index is 1070. The lowest BCUT2D eigenvalue weighted by Gasteiger charge is -2.26. The maximum absolute atomic E-state index is 11.2. The van der Waals surface area contributed by atoms with E-state index in [1.165, 1.54) is 0 Å². The second-order valence-electron chi connectivity index (χ2n) is 11.7. The van der Waals surface area contributed by atoms with Crippen LogP contribution in [-0.2, 0) is 29.9 Å². The number of hydrogen-bond donors (Lipinski definition) is 2. The summed E-state index contributed by atoms with van der Waals surface area (Å²) in [5.41, 5.74) is 1.66. The standard InChI is InChI=1S/C30H40O10/c1-29(2,3)19-7-9-23-25(11-19)39-15-21(35-17-27(31)32)14-38-24-10-8-20(30(4,5)6)12-26(24)40-16-22(13-37-23)36-18-28(33)34/h7-12,21-22H,13-18H2,1-6H3,(H,31,32)(H,33,34). The molecule has 2 atom stereocenters. The molecule has 1 aliphatic rings. The predicted octanol–water partition coefficient (Wildman–Crippen LogP) is 4.45. The van der Waals surface area contributed by atoms with E-state index in [-0.39, 0.29) is 37.3 Å². The average molecular weight is 561 g/mol. The Hall–Kier alpha value is -3.50. The van der Waals surface area contributed by atoms with Gasteiger partial charge in [0.25, 0.3) is 0 Å². The Kier molecular flexibility index (Phi) is 10.3. The summed E-state index contributed by atoms with van der Waals surface area (Å²) in [4.78, 5) is 22.4. The molecule has 2 unspecified atom stereocenters. The highest BCUT2D eigenvalue weighted by molar-refractivity contribution is 5.68. The number of fused-ring (bicyclic) bond motifs is 2. The lowest BCUT2D eigenvalue weighted by atomic mass is 9.87. The molecule has 0 saturated heterocycles. The largest absolute Gasteiger partial charge is 0.487 e. The zero-order valence-corrected chi connectivity index (χ0v) is 24.0. The number of rotatable bonds is 6. The molecule has 40 heavy (non-hydrogen) atoms. The molecular weight excluding hydrogens is 520 g/mol. The third-order valence-electron chi connectivity index (χ3n) is 6.20. The van der Waals surface area contributed by atoms with E-state index < -0.39 is 37.4 Å². The molecule has 0 spiro atoms. The number of ether oxygens (including phenoxy) is 6. The first-order valence-electron chi connectivity index (χ1n) is 13.2. The average Bonchev–Trinajstić information content (AvgIpc) is 2.86. The Morgan fingerprint density at radius 1 is 0.650 bits per heavy atom. The van der Waals surface area contributed by atoms with Gasteiger partial charge in [-0.05, 0) is 46.2 Å². The summed E-state index contributed by atoms with van der Waals surface area (Å²) in [5, 5.41) is 18.4. The minimum atomic E-state index is -1.11. The van der Waals surface area contributed by atoms with E-state index in [9.17, 15) is 19.8 Å². The molecule has 0 aromatic heterocycles. The van der Waals surface area contributed by atoms with E-state index in [1.807, 2.05) is 24.3 Å². The van der Waals surface area contributed by atoms with Gasteiger partial charge in [0.1, 0.15) is 51.8 Å². The molecule has 0 aliphatic carbocycles. The Morgan fingerprint density at radius 2 is 0.975 bits per heavy atom. The van der Waals surface area contributed by atoms with Gasteiger partial charge in [-0.3, -0.25) is 0 Å². The van der Waals surface area contributed by atoms with Crippen molar-refractivity contribution in [3.63, 3.8) is 0 Å². The van der Waals surface area contributed by atoms with Gasteiger partial charge in [0, 0.05) is 0 Å². The second-order valence-corrected chi connectivity index (χ2v) is 11.7. The molecule has 0 fully saturated rings. The van der Waals surface area contributed by atoms with Crippen LogP contribution in [0, 0.1) is 0 Å². The fourth-order valence-electron chi connectivity index (χ4n) is 3.81. The van der Waals surface area contributed by atoms with Crippen LogP contribution in [-0.4, -0.2) is 74.0 Å². The van der Waals surface area contributed by atoms with Crippen LogP contribution >= 0.6 is 0 Å². The summed E-state index contributed by atoms with van der Waals surface area (Å²) in [5.74, 6) is -0.513. The number of carboxylic acids is 2. The number of aliphatic carboxylic acids is 2. The highest BCUT2D eigenvalue weighted by Gasteiger charge is 2.24. The van der Waals surface area contributed by atoms with Crippen molar-refractivity contribution in [2.45, 2.75) is 64.6 Å². The van der Waals surface area contributed by atoms with Gasteiger partial charge in [0.15, 0.2) is 23.0 Å². The molecule has 0 amide bonds. The summed E-state index contributed by atoms with van der Waals surface area (Å²) in [6.45, 7) is 11.4. The summed E-state index contributed by atoms with van der Waals surface area (Å²) in [6, 6.07) is 11.2. The first-order valence-corrected chi connectivity index (χ1v) is 13.2. The van der Waals surface area contributed by atoms with Gasteiger partial charge >= 0.3 is 11.9 Å². The summed E-state index contributed by atoms with van der Waals surface area (Å²) in [6.07, 6.45) is -1.43. The molecule has 2 aromatic carbocycles. The topological polar surface area (TPSA) is 130 Å². The molecule has 0 radical (unpaired) electrons. The molecule has 0 bridgehead atoms. The van der Waals surface area contributed by atoms with Crippen LogP contribution < -0.4 is 18.9 Å². The molecule has 10 nitrogen and oxygen atoms in total. The monoisotopic (exact) mass is 560 g/mol. The van der Waals surface area contributed by atoms with E-state index in [0.717, 1.165) is 11.1 Å². The molecule has 2 aromatic rings. The van der Waals surface area contributed by atoms with Crippen LogP contribution in [0.15, 0.2) is 36.4 Å². The van der Waals surface area contributed by atoms with Gasteiger partial charge in [-0.25, -0.2) is 9.59 Å². The Balaban J connectivity index is 1.97. The van der Waals surface area contributed by atoms with Crippen molar-refractivity contribution in [3.05, 3.63) is 47.5 Å². The van der Waals surface area contributed by atoms with Crippen molar-refractivity contribution in [2.24, 2.45) is 0 Å². The SMILES string of the molecule is CC(C)(C)c1ccc2c(c1)OCC(OCC(=O)O)COc1ccc(C(C)(C)C)cc1OCC(OCC(=O)O)CO2. The van der Waals surface area contributed by atoms with Crippen molar-refractivity contribution in [2.75, 3.05) is 39.6 Å². The zero-order chi connectivity index (χ0) is 29.5. The quantitative estimate of drug-likeness (QED) is 0.523. The first-order chi connectivity index (χ1) is 18.7. The Morgan fingerprint density at radius 3 is 1.27 bits per heavy atom. The van der Waals surface area contributed by atoms with Crippen molar-refractivity contribution in [3.8, 4) is 23.0 Å². The lowest BCUT2D eigenvalue weighted by molar-refractivity contribution is -0.146. The second kappa shape index (κ2) is 13.2. The third kappa shape index (κ3) is 9.31. The van der Waals surface area contributed by atoms with Gasteiger partial charge < -0.3 is 38.6 Å². The molecule has 220 valence electrons. The first kappa shape index (κ1) is 31.0. The van der Waals surface area contributed by atoms with Gasteiger partial charge in [0.05, 0.1) is 0 Å². The zero-order valence-electron chi connectivity index (χ0n) is 24.0. The van der Waals surface area contributed by atoms with Crippen molar-refractivity contribution in [1.82, 2.24) is 0 Å². The minimum Gasteiger partial charge on any atom is -0.487 e. The normalized spacial score (nSPS) is 18.4. The van der Waals surface area contributed by atoms with Crippen molar-refractivity contribution < 1.29 is 48.2 Å². The highest BCUT2D eigenvalue weighted by atomic mass is 16.6. The lowest BCUT2D eigenvalue weighted by Crippen LogP contribution is -2.33. The maximum atomic E-state index is 11.2. The number of hydrogen-bond acceptors (Lipinski definition) is 8. The fourth-order valence-corrected chi connectivity index (χ4v) is 3.81. The number of benzene rings is 2. The summed E-state index contributed by atoms with van der Waals surface area (Å²) in [7, 11) is 0. The highest BCUT2D eigenvalue weighted by Crippen LogP contribution is 2.36. The molecule has 3 rings (SSSR count). The number of carboxylic acid groups (broad SMARTS) is 2. The molecule has 2 N–H and O–H groups in total. The Labute approximate surface area is 235 Å². The van der Waals surface area contributed by atoms with Crippen molar-refractivity contribution in [1.29, 1.82) is 0 Å². The van der Waals surface area contributed by atoms with Crippen molar-refractivity contribution >= 4 is 11.9 Å². The third-order valence-corrected chi connectivity index (χ3v) is 6.20. The molecule has 10 heteroatoms. The van der Waals surface area contributed by atoms with E-state index in [4.69, 9.17) is 28.4 Å². The molecule has 0 saturated carbocycles. The molecule has 1 aliphatic heterocycles. The molecular formula is C30H40O10. The predicted molar refractivity (Wildman–Crippen MR) is 147 cm³/mol. The van der Waals surface area contributed by atoms with E-state index >= 15 is 0 Å². The smallest absolute Gasteiger partial charge is 0.329 e. The summed E-state index contributed by atoms with van der Waals surface area (Å²) >= 11 is 0. The van der Waals surface area contributed by atoms with Gasteiger partial charge in [-0.2, -0.15) is 0 Å². The minimum absolute atomic E-state index is 0.00734. The summed E-state index contributed by atoms with van der Waals surface area (Å²) < 4.78 is 35.5. The van der Waals surface area contributed by atoms with Crippen LogP contribution in [0.5, 0.6) is 23.0 Å². The van der Waals surface area contributed by atoms with E-state index in [1.54, 1.807) is 12.1 Å². The van der Waals surface area contributed by atoms with E-state index in [0.29, 0.717) is 23.0 Å². The fraction of sp³-hybridized carbons (Fsp3) is 0.533. The van der Waals surface area contributed by atoms with Gasteiger partial charge in [0.2, 0.25) is 0 Å². The van der Waals surface area contributed by atoms with Crippen LogP contribution in [0.1, 0.15) is 52.7 Å². The van der Waals surface area contributed by atoms with Crippen LogP contribution in [0.4, 0.5) is 0 Å². The van der Waals surface area contributed by atoms with Gasteiger partial charge in [-0.1, -0.05) is 53.7 Å². The molecule has 1 heterocycles.